The van der Waals surface area contributed by atoms with E-state index in [0.717, 1.165) is 50.0 Å². The third kappa shape index (κ3) is 2.34. The van der Waals surface area contributed by atoms with Crippen LogP contribution in [0.4, 0.5) is 0 Å². The van der Waals surface area contributed by atoms with Crippen molar-refractivity contribution < 1.29 is 4.74 Å². The molecule has 0 atom stereocenters. The molecule has 1 aromatic heterocycles. The van der Waals surface area contributed by atoms with E-state index >= 15 is 0 Å². The summed E-state index contributed by atoms with van der Waals surface area (Å²) in [6, 6.07) is 1.68. The molecule has 1 N–H and O–H groups in total. The van der Waals surface area contributed by atoms with Crippen molar-refractivity contribution in [3.05, 3.63) is 27.9 Å². The lowest BCUT2D eigenvalue weighted by atomic mass is 9.99. The number of aromatic amines is 1. The Hall–Kier alpha value is -1.16. The van der Waals surface area contributed by atoms with Crippen LogP contribution >= 0.6 is 0 Å². The van der Waals surface area contributed by atoms with Crippen LogP contribution in [0.25, 0.3) is 0 Å². The molecule has 0 unspecified atom stereocenters. The summed E-state index contributed by atoms with van der Waals surface area (Å²) in [6.07, 6.45) is 9.04. The van der Waals surface area contributed by atoms with Gasteiger partial charge in [0.1, 0.15) is 11.4 Å². The van der Waals surface area contributed by atoms with E-state index in [9.17, 15) is 4.79 Å². The molecule has 0 amide bonds. The van der Waals surface area contributed by atoms with Crippen LogP contribution in [-0.4, -0.2) is 17.1 Å². The van der Waals surface area contributed by atoms with Crippen molar-refractivity contribution in [1.29, 1.82) is 0 Å². The highest BCUT2D eigenvalue weighted by molar-refractivity contribution is 5.14. The van der Waals surface area contributed by atoms with Crippen LogP contribution in [0.1, 0.15) is 68.8 Å². The molecule has 0 aromatic carbocycles. The zero-order chi connectivity index (χ0) is 13.3. The maximum atomic E-state index is 11.9. The quantitative estimate of drug-likeness (QED) is 0.911. The molecular formula is C15H22N2O2. The number of nitrogens with zero attached hydrogens (tertiary/aromatic N) is 1. The summed E-state index contributed by atoms with van der Waals surface area (Å²) in [5.41, 5.74) is 0.586. The van der Waals surface area contributed by atoms with Crippen LogP contribution in [0.15, 0.2) is 10.9 Å². The fourth-order valence-electron chi connectivity index (χ4n) is 3.61. The second-order valence-electron chi connectivity index (χ2n) is 5.91. The first-order chi connectivity index (χ1) is 9.23. The summed E-state index contributed by atoms with van der Waals surface area (Å²) < 4.78 is 5.72. The minimum atomic E-state index is -0.353. The van der Waals surface area contributed by atoms with Crippen molar-refractivity contribution >= 4 is 0 Å². The van der Waals surface area contributed by atoms with Crippen molar-refractivity contribution in [2.45, 2.75) is 62.9 Å². The summed E-state index contributed by atoms with van der Waals surface area (Å²) in [4.78, 5) is 19.6. The van der Waals surface area contributed by atoms with Gasteiger partial charge in [-0.25, -0.2) is 4.98 Å². The van der Waals surface area contributed by atoms with Crippen LogP contribution in [0, 0.1) is 0 Å². The van der Waals surface area contributed by atoms with Gasteiger partial charge in [-0.15, -0.1) is 0 Å². The molecule has 0 spiro atoms. The lowest BCUT2D eigenvalue weighted by molar-refractivity contribution is -0.0167. The molecule has 2 saturated carbocycles. The highest BCUT2D eigenvalue weighted by atomic mass is 16.5. The molecule has 0 aliphatic heterocycles. The van der Waals surface area contributed by atoms with Gasteiger partial charge in [0.25, 0.3) is 5.56 Å². The molecule has 0 radical (unpaired) electrons. The van der Waals surface area contributed by atoms with Gasteiger partial charge in [0.05, 0.1) is 5.69 Å². The van der Waals surface area contributed by atoms with E-state index in [4.69, 9.17) is 9.72 Å². The predicted molar refractivity (Wildman–Crippen MR) is 73.2 cm³/mol. The molecule has 4 nitrogen and oxygen atoms in total. The van der Waals surface area contributed by atoms with Gasteiger partial charge < -0.3 is 9.72 Å². The second-order valence-corrected chi connectivity index (χ2v) is 5.91. The van der Waals surface area contributed by atoms with Gasteiger partial charge in [-0.3, -0.25) is 4.79 Å². The molecule has 19 heavy (non-hydrogen) atoms. The Morgan fingerprint density at radius 3 is 2.58 bits per heavy atom. The van der Waals surface area contributed by atoms with E-state index in [2.05, 4.69) is 4.98 Å². The maximum Gasteiger partial charge on any atom is 0.251 e. The molecule has 0 saturated heterocycles. The van der Waals surface area contributed by atoms with Gasteiger partial charge in [-0.05, 0) is 38.5 Å². The second kappa shape index (κ2) is 5.08. The molecule has 2 aliphatic carbocycles. The zero-order valence-corrected chi connectivity index (χ0v) is 11.6. The van der Waals surface area contributed by atoms with E-state index in [-0.39, 0.29) is 11.2 Å². The van der Waals surface area contributed by atoms with Gasteiger partial charge in [-0.1, -0.05) is 12.8 Å². The molecule has 1 heterocycles. The fraction of sp³-hybridized carbons (Fsp3) is 0.733. The van der Waals surface area contributed by atoms with E-state index in [1.165, 1.54) is 12.8 Å². The SMILES string of the molecule is COC1(c2nc(C3CCCC3)cc(=O)[nH]2)CCCC1. The van der Waals surface area contributed by atoms with Crippen LogP contribution in [0.5, 0.6) is 0 Å². The number of aromatic nitrogens is 2. The third-order valence-corrected chi connectivity index (χ3v) is 4.77. The molecule has 2 aliphatic rings. The van der Waals surface area contributed by atoms with Crippen LogP contribution in [0.3, 0.4) is 0 Å². The van der Waals surface area contributed by atoms with Gasteiger partial charge in [-0.2, -0.15) is 0 Å². The average Bonchev–Trinajstić information content (AvgIpc) is 3.10. The van der Waals surface area contributed by atoms with Crippen molar-refractivity contribution in [2.75, 3.05) is 7.11 Å². The number of hydrogen-bond donors (Lipinski definition) is 1. The van der Waals surface area contributed by atoms with Crippen LogP contribution in [-0.2, 0) is 10.3 Å². The Bertz CT molecular complexity index is 497. The lowest BCUT2D eigenvalue weighted by Gasteiger charge is -2.26. The molecule has 104 valence electrons. The summed E-state index contributed by atoms with van der Waals surface area (Å²) in [6.45, 7) is 0. The zero-order valence-electron chi connectivity index (χ0n) is 11.6. The monoisotopic (exact) mass is 262 g/mol. The van der Waals surface area contributed by atoms with Gasteiger partial charge in [0, 0.05) is 19.1 Å². The third-order valence-electron chi connectivity index (χ3n) is 4.77. The summed E-state index contributed by atoms with van der Waals surface area (Å²) in [5.74, 6) is 1.22. The molecule has 4 heteroatoms. The first-order valence-electron chi connectivity index (χ1n) is 7.40. The highest BCUT2D eigenvalue weighted by Gasteiger charge is 2.38. The van der Waals surface area contributed by atoms with Crippen molar-refractivity contribution in [1.82, 2.24) is 9.97 Å². The van der Waals surface area contributed by atoms with Crippen molar-refractivity contribution in [3.8, 4) is 0 Å². The number of methoxy groups -OCH3 is 1. The standard InChI is InChI=1S/C15H22N2O2/c1-19-15(8-4-5-9-15)14-16-12(10-13(18)17-14)11-6-2-3-7-11/h10-11H,2-9H2,1H3,(H,16,17,18). The first-order valence-corrected chi connectivity index (χ1v) is 7.40. The largest absolute Gasteiger partial charge is 0.370 e. The Morgan fingerprint density at radius 1 is 1.26 bits per heavy atom. The van der Waals surface area contributed by atoms with E-state index in [1.807, 2.05) is 0 Å². The van der Waals surface area contributed by atoms with Crippen LogP contribution in [0.2, 0.25) is 0 Å². The van der Waals surface area contributed by atoms with E-state index < -0.39 is 0 Å². The molecule has 3 rings (SSSR count). The number of nitrogens with one attached hydrogen (secondary N) is 1. The summed E-state index contributed by atoms with van der Waals surface area (Å²) in [7, 11) is 1.73. The highest BCUT2D eigenvalue weighted by Crippen LogP contribution is 2.40. The number of H-pyrrole nitrogens is 1. The maximum absolute atomic E-state index is 11.9. The smallest absolute Gasteiger partial charge is 0.251 e. The van der Waals surface area contributed by atoms with Gasteiger partial charge >= 0.3 is 0 Å². The van der Waals surface area contributed by atoms with Gasteiger partial charge in [0.15, 0.2) is 0 Å². The fourth-order valence-corrected chi connectivity index (χ4v) is 3.61. The normalized spacial score (nSPS) is 23.0. The van der Waals surface area contributed by atoms with Crippen LogP contribution < -0.4 is 5.56 Å². The number of ether oxygens (including phenoxy) is 1. The molecular weight excluding hydrogens is 240 g/mol. The molecule has 2 fully saturated rings. The van der Waals surface area contributed by atoms with Crippen molar-refractivity contribution in [2.24, 2.45) is 0 Å². The Kier molecular flexibility index (Phi) is 3.44. The Labute approximate surface area is 113 Å². The summed E-state index contributed by atoms with van der Waals surface area (Å²) in [5, 5.41) is 0. The summed E-state index contributed by atoms with van der Waals surface area (Å²) >= 11 is 0. The van der Waals surface area contributed by atoms with E-state index in [1.54, 1.807) is 13.2 Å². The lowest BCUT2D eigenvalue weighted by Crippen LogP contribution is -2.31. The average molecular weight is 262 g/mol. The van der Waals surface area contributed by atoms with Gasteiger partial charge in [0.2, 0.25) is 0 Å². The minimum Gasteiger partial charge on any atom is -0.370 e. The first kappa shape index (κ1) is 12.9. The molecule has 0 bridgehead atoms. The molecule has 1 aromatic rings. The number of rotatable bonds is 3. The predicted octanol–water partition coefficient (Wildman–Crippen LogP) is 2.84. The minimum absolute atomic E-state index is 0.0322. The topological polar surface area (TPSA) is 55.0 Å². The van der Waals surface area contributed by atoms with E-state index in [0.29, 0.717) is 5.92 Å². The number of hydrogen-bond acceptors (Lipinski definition) is 3. The Balaban J connectivity index is 1.99. The van der Waals surface area contributed by atoms with Crippen molar-refractivity contribution in [3.63, 3.8) is 0 Å². The Morgan fingerprint density at radius 2 is 1.95 bits per heavy atom.